The van der Waals surface area contributed by atoms with Gasteiger partial charge in [-0.2, -0.15) is 0 Å². The van der Waals surface area contributed by atoms with Crippen LogP contribution in [0.2, 0.25) is 0 Å². The molecule has 0 aromatic carbocycles. The fourth-order valence-corrected chi connectivity index (χ4v) is 11.2. The Morgan fingerprint density at radius 2 is 1.46 bits per heavy atom. The van der Waals surface area contributed by atoms with Gasteiger partial charge in [0.2, 0.25) is 0 Å². The van der Waals surface area contributed by atoms with E-state index < -0.39 is 11.4 Å². The number of hydrogen-bond donors (Lipinski definition) is 0. The lowest BCUT2D eigenvalue weighted by atomic mass is 9.33. The fourth-order valence-electron chi connectivity index (χ4n) is 11.2. The summed E-state index contributed by atoms with van der Waals surface area (Å²) in [7, 11) is 0. The molecule has 4 fully saturated rings. The van der Waals surface area contributed by atoms with E-state index in [1.807, 2.05) is 0 Å². The van der Waals surface area contributed by atoms with Crippen LogP contribution in [0.25, 0.3) is 0 Å². The minimum Gasteiger partial charge on any atom is -0.462 e. The summed E-state index contributed by atoms with van der Waals surface area (Å²) in [5.41, 5.74) is 1.31. The van der Waals surface area contributed by atoms with E-state index in [4.69, 9.17) is 9.47 Å². The Hall–Kier alpha value is -1.65. The Morgan fingerprint density at radius 3 is 2.10 bits per heavy atom. The lowest BCUT2D eigenvalue weighted by molar-refractivity contribution is -0.213. The number of hydrogen-bond acceptors (Lipinski definition) is 5. The first-order chi connectivity index (χ1) is 17.9. The molecule has 0 heterocycles. The van der Waals surface area contributed by atoms with Gasteiger partial charge in [-0.15, -0.1) is 0 Å². The Balaban J connectivity index is 1.55. The van der Waals surface area contributed by atoms with E-state index in [9.17, 15) is 14.4 Å². The average molecular weight is 541 g/mol. The first kappa shape index (κ1) is 28.9. The zero-order valence-electron chi connectivity index (χ0n) is 26.0. The van der Waals surface area contributed by atoms with E-state index in [0.29, 0.717) is 11.8 Å². The van der Waals surface area contributed by atoms with E-state index in [0.717, 1.165) is 64.2 Å². The van der Waals surface area contributed by atoms with Gasteiger partial charge in [-0.3, -0.25) is 14.4 Å². The van der Waals surface area contributed by atoms with Gasteiger partial charge in [-0.1, -0.05) is 60.1 Å². The lowest BCUT2D eigenvalue weighted by Gasteiger charge is -2.71. The smallest absolute Gasteiger partial charge is 0.320 e. The maximum Gasteiger partial charge on any atom is 0.320 e. The molecule has 0 aromatic rings. The largest absolute Gasteiger partial charge is 0.462 e. The van der Waals surface area contributed by atoms with Gasteiger partial charge in [0.25, 0.3) is 0 Å². The molecule has 0 aliphatic heterocycles. The molecule has 0 bridgehead atoms. The van der Waals surface area contributed by atoms with E-state index in [2.05, 4.69) is 54.5 Å². The van der Waals surface area contributed by atoms with E-state index in [1.54, 1.807) is 0 Å². The molecule has 0 amide bonds. The third kappa shape index (κ3) is 4.02. The number of carbonyl (C=O) groups excluding carboxylic acids is 3. The second-order valence-electron chi connectivity index (χ2n) is 16.2. The van der Waals surface area contributed by atoms with Crippen molar-refractivity contribution in [1.29, 1.82) is 0 Å². The van der Waals surface area contributed by atoms with Gasteiger partial charge in [-0.05, 0) is 104 Å². The highest BCUT2D eigenvalue weighted by Crippen LogP contribution is 2.76. The quantitative estimate of drug-likeness (QED) is 0.203. The highest BCUT2D eigenvalue weighted by Gasteiger charge is 2.69. The maximum absolute atomic E-state index is 13.6. The molecular formula is C34H52O5. The minimum atomic E-state index is -0.582. The normalized spacial score (nSPS) is 45.8. The number of carbonyl (C=O) groups is 3. The van der Waals surface area contributed by atoms with E-state index in [-0.39, 0.29) is 51.0 Å². The van der Waals surface area contributed by atoms with Gasteiger partial charge in [0.15, 0.2) is 0 Å². The first-order valence-electron chi connectivity index (χ1n) is 15.5. The van der Waals surface area contributed by atoms with Crippen molar-refractivity contribution in [2.45, 2.75) is 133 Å². The number of ether oxygens (including phenoxy) is 2. The van der Waals surface area contributed by atoms with Crippen LogP contribution in [-0.4, -0.2) is 24.0 Å². The van der Waals surface area contributed by atoms with E-state index in [1.165, 1.54) is 19.4 Å². The van der Waals surface area contributed by atoms with Crippen LogP contribution in [0.3, 0.4) is 0 Å². The van der Waals surface area contributed by atoms with Crippen LogP contribution in [0.5, 0.6) is 0 Å². The standard InChI is InChI=1S/C34H52O5/c1-21(35)38-27-13-14-31(7)25(30(27,5)6)12-15-33(9)26(31)11-10-23-24-20-29(3,4)16-18-34(24,19-17-32(23,33)8)28(37)39-22(2)36/h10,24-27H,11-20H2,1-9H3. The van der Waals surface area contributed by atoms with Gasteiger partial charge in [0.1, 0.15) is 6.10 Å². The van der Waals surface area contributed by atoms with Gasteiger partial charge >= 0.3 is 17.9 Å². The molecule has 0 aromatic heterocycles. The van der Waals surface area contributed by atoms with Crippen molar-refractivity contribution in [1.82, 2.24) is 0 Å². The van der Waals surface area contributed by atoms with Gasteiger partial charge in [0.05, 0.1) is 5.41 Å². The Labute approximate surface area is 236 Å². The monoisotopic (exact) mass is 540 g/mol. The number of esters is 3. The minimum absolute atomic E-state index is 0.0128. The summed E-state index contributed by atoms with van der Waals surface area (Å²) < 4.78 is 11.3. The van der Waals surface area contributed by atoms with Crippen molar-refractivity contribution in [3.05, 3.63) is 11.6 Å². The van der Waals surface area contributed by atoms with Crippen LogP contribution in [0.1, 0.15) is 127 Å². The number of fused-ring (bicyclic) bond motifs is 7. The predicted octanol–water partition coefficient (Wildman–Crippen LogP) is 7.81. The molecule has 5 nitrogen and oxygen atoms in total. The Morgan fingerprint density at radius 1 is 0.795 bits per heavy atom. The van der Waals surface area contributed by atoms with Crippen LogP contribution in [0.4, 0.5) is 0 Å². The summed E-state index contributed by atoms with van der Waals surface area (Å²) in [6.07, 6.45) is 12.4. The molecule has 8 atom stereocenters. The highest BCUT2D eigenvalue weighted by atomic mass is 16.6. The van der Waals surface area contributed by atoms with Crippen LogP contribution in [-0.2, 0) is 23.9 Å². The van der Waals surface area contributed by atoms with Crippen molar-refractivity contribution in [2.75, 3.05) is 0 Å². The fraction of sp³-hybridized carbons (Fsp3) is 0.853. The molecule has 5 aliphatic rings. The molecular weight excluding hydrogens is 488 g/mol. The van der Waals surface area contributed by atoms with Crippen LogP contribution in [0.15, 0.2) is 11.6 Å². The zero-order chi connectivity index (χ0) is 28.8. The third-order valence-electron chi connectivity index (χ3n) is 13.5. The summed E-state index contributed by atoms with van der Waals surface area (Å²) in [5.74, 6) is 0.233. The third-order valence-corrected chi connectivity index (χ3v) is 13.5. The van der Waals surface area contributed by atoms with Crippen molar-refractivity contribution >= 4 is 17.9 Å². The summed E-state index contributed by atoms with van der Waals surface area (Å²) in [6, 6.07) is 0. The van der Waals surface area contributed by atoms with Crippen LogP contribution >= 0.6 is 0 Å². The second-order valence-corrected chi connectivity index (χ2v) is 16.2. The summed E-state index contributed by atoms with van der Waals surface area (Å²) in [5, 5.41) is 0. The second kappa shape index (κ2) is 8.92. The first-order valence-corrected chi connectivity index (χ1v) is 15.5. The van der Waals surface area contributed by atoms with Gasteiger partial charge < -0.3 is 9.47 Å². The van der Waals surface area contributed by atoms with Gasteiger partial charge in [0, 0.05) is 19.3 Å². The number of allylic oxidation sites excluding steroid dienone is 2. The molecule has 0 spiro atoms. The predicted molar refractivity (Wildman–Crippen MR) is 151 cm³/mol. The summed E-state index contributed by atoms with van der Waals surface area (Å²) in [4.78, 5) is 37.5. The molecule has 5 rings (SSSR count). The summed E-state index contributed by atoms with van der Waals surface area (Å²) >= 11 is 0. The SMILES string of the molecule is CC(=O)OC(=O)C12CCC(C)(C)CC1C1=CCC3C4(C)CCC(OC(C)=O)C(C)(C)C4CCC3(C)C1(C)CC2. The Kier molecular flexibility index (Phi) is 6.60. The molecule has 0 saturated heterocycles. The molecule has 218 valence electrons. The molecule has 0 radical (unpaired) electrons. The van der Waals surface area contributed by atoms with Crippen LogP contribution in [0, 0.1) is 50.2 Å². The molecule has 39 heavy (non-hydrogen) atoms. The lowest BCUT2D eigenvalue weighted by Crippen LogP contribution is -2.65. The topological polar surface area (TPSA) is 69.7 Å². The van der Waals surface area contributed by atoms with Crippen LogP contribution < -0.4 is 0 Å². The van der Waals surface area contributed by atoms with Crippen molar-refractivity contribution in [3.8, 4) is 0 Å². The zero-order valence-corrected chi connectivity index (χ0v) is 26.0. The molecule has 4 saturated carbocycles. The molecule has 8 unspecified atom stereocenters. The maximum atomic E-state index is 13.6. The number of rotatable bonds is 2. The van der Waals surface area contributed by atoms with Crippen molar-refractivity contribution < 1.29 is 23.9 Å². The van der Waals surface area contributed by atoms with E-state index >= 15 is 0 Å². The highest BCUT2D eigenvalue weighted by molar-refractivity contribution is 5.88. The molecule has 5 aliphatic carbocycles. The van der Waals surface area contributed by atoms with Crippen molar-refractivity contribution in [2.24, 2.45) is 50.2 Å². The van der Waals surface area contributed by atoms with Crippen molar-refractivity contribution in [3.63, 3.8) is 0 Å². The van der Waals surface area contributed by atoms with Gasteiger partial charge in [-0.25, -0.2) is 0 Å². The average Bonchev–Trinajstić information content (AvgIpc) is 2.80. The summed E-state index contributed by atoms with van der Waals surface area (Å²) in [6.45, 7) is 19.8. The Bertz CT molecular complexity index is 1100. The molecule has 0 N–H and O–H groups in total. The molecule has 5 heteroatoms.